The highest BCUT2D eigenvalue weighted by Gasteiger charge is 2.19. The molecule has 0 spiro atoms. The number of benzene rings is 2. The maximum absolute atomic E-state index is 5.87. The first-order valence-corrected chi connectivity index (χ1v) is 9.75. The lowest BCUT2D eigenvalue weighted by Crippen LogP contribution is -1.98. The van der Waals surface area contributed by atoms with Crippen LogP contribution in [0.15, 0.2) is 64.4 Å². The standard InChI is InChI=1S/C20H19N5O3S/c1-13(18-22-23-19(28-18)14-7-9-16(26-2)10-8-14)29-20-24-21-12-25(20)15-5-4-6-17(11-15)27-3/h4-13H,1-3H3/t13-/m0/s1. The van der Waals surface area contributed by atoms with Crippen LogP contribution in [0.25, 0.3) is 17.1 Å². The SMILES string of the molecule is COc1ccc(-c2nnc([C@H](C)Sc3nncn3-c3cccc(OC)c3)o2)cc1. The molecule has 0 unspecified atom stereocenters. The Labute approximate surface area is 171 Å². The van der Waals surface area contributed by atoms with E-state index in [1.54, 1.807) is 20.5 Å². The molecule has 9 heteroatoms. The first kappa shape index (κ1) is 19.0. The van der Waals surface area contributed by atoms with Gasteiger partial charge in [0.05, 0.1) is 25.2 Å². The second kappa shape index (κ2) is 8.36. The molecular weight excluding hydrogens is 390 g/mol. The monoisotopic (exact) mass is 409 g/mol. The number of nitrogens with zero attached hydrogens (tertiary/aromatic N) is 5. The molecule has 0 fully saturated rings. The van der Waals surface area contributed by atoms with Gasteiger partial charge in [0.1, 0.15) is 17.8 Å². The lowest BCUT2D eigenvalue weighted by molar-refractivity contribution is 0.414. The molecule has 0 aliphatic heterocycles. The van der Waals surface area contributed by atoms with Crippen LogP contribution >= 0.6 is 11.8 Å². The second-order valence-corrected chi connectivity index (χ2v) is 7.43. The van der Waals surface area contributed by atoms with Gasteiger partial charge in [0.25, 0.3) is 0 Å². The summed E-state index contributed by atoms with van der Waals surface area (Å²) in [7, 11) is 3.27. The highest BCUT2D eigenvalue weighted by atomic mass is 32.2. The van der Waals surface area contributed by atoms with Gasteiger partial charge in [-0.3, -0.25) is 4.57 Å². The minimum atomic E-state index is -0.108. The summed E-state index contributed by atoms with van der Waals surface area (Å²) in [6.07, 6.45) is 1.67. The number of hydrogen-bond acceptors (Lipinski definition) is 8. The lowest BCUT2D eigenvalue weighted by atomic mass is 10.2. The smallest absolute Gasteiger partial charge is 0.247 e. The first-order valence-electron chi connectivity index (χ1n) is 8.87. The Hall–Kier alpha value is -3.33. The van der Waals surface area contributed by atoms with Crippen molar-refractivity contribution in [1.82, 2.24) is 25.0 Å². The summed E-state index contributed by atoms with van der Waals surface area (Å²) in [5.41, 5.74) is 1.75. The van der Waals surface area contributed by atoms with E-state index >= 15 is 0 Å². The van der Waals surface area contributed by atoms with Crippen molar-refractivity contribution in [3.63, 3.8) is 0 Å². The largest absolute Gasteiger partial charge is 0.497 e. The molecule has 8 nitrogen and oxygen atoms in total. The number of methoxy groups -OCH3 is 2. The summed E-state index contributed by atoms with van der Waals surface area (Å²) in [6.45, 7) is 1.99. The van der Waals surface area contributed by atoms with Crippen LogP contribution < -0.4 is 9.47 Å². The Kier molecular flexibility index (Phi) is 5.48. The van der Waals surface area contributed by atoms with Crippen molar-refractivity contribution >= 4 is 11.8 Å². The first-order chi connectivity index (χ1) is 14.2. The fourth-order valence-corrected chi connectivity index (χ4v) is 3.57. The Morgan fingerprint density at radius 2 is 1.76 bits per heavy atom. The van der Waals surface area contributed by atoms with E-state index in [-0.39, 0.29) is 5.25 Å². The van der Waals surface area contributed by atoms with E-state index in [9.17, 15) is 0 Å². The maximum Gasteiger partial charge on any atom is 0.247 e. The fraction of sp³-hybridized carbons (Fsp3) is 0.200. The summed E-state index contributed by atoms with van der Waals surface area (Å²) in [4.78, 5) is 0. The van der Waals surface area contributed by atoms with Crippen LogP contribution in [0.1, 0.15) is 18.1 Å². The van der Waals surface area contributed by atoms with Gasteiger partial charge in [-0.25, -0.2) is 0 Å². The number of aromatic nitrogens is 5. The zero-order valence-corrected chi connectivity index (χ0v) is 17.0. The second-order valence-electron chi connectivity index (χ2n) is 6.12. The summed E-state index contributed by atoms with van der Waals surface area (Å²) in [5, 5.41) is 17.2. The zero-order valence-electron chi connectivity index (χ0n) is 16.1. The van der Waals surface area contributed by atoms with Crippen molar-refractivity contribution < 1.29 is 13.9 Å². The van der Waals surface area contributed by atoms with E-state index in [1.807, 2.05) is 60.0 Å². The zero-order chi connectivity index (χ0) is 20.2. The van der Waals surface area contributed by atoms with Gasteiger partial charge in [-0.05, 0) is 43.3 Å². The van der Waals surface area contributed by atoms with Crippen LogP contribution in [0, 0.1) is 0 Å². The Balaban J connectivity index is 1.52. The third-order valence-corrected chi connectivity index (χ3v) is 5.30. The Bertz CT molecular complexity index is 1090. The molecule has 2 heterocycles. The van der Waals surface area contributed by atoms with Gasteiger partial charge >= 0.3 is 0 Å². The average molecular weight is 409 g/mol. The summed E-state index contributed by atoms with van der Waals surface area (Å²) in [5.74, 6) is 2.51. The van der Waals surface area contributed by atoms with Crippen molar-refractivity contribution in [1.29, 1.82) is 0 Å². The number of thioether (sulfide) groups is 1. The molecule has 0 aliphatic carbocycles. The molecule has 0 aliphatic rings. The van der Waals surface area contributed by atoms with E-state index in [4.69, 9.17) is 13.9 Å². The van der Waals surface area contributed by atoms with Gasteiger partial charge in [-0.15, -0.1) is 20.4 Å². The van der Waals surface area contributed by atoms with Crippen LogP contribution in [0.3, 0.4) is 0 Å². The Morgan fingerprint density at radius 3 is 2.52 bits per heavy atom. The van der Waals surface area contributed by atoms with E-state index in [2.05, 4.69) is 20.4 Å². The van der Waals surface area contributed by atoms with Crippen LogP contribution in [-0.2, 0) is 0 Å². The fourth-order valence-electron chi connectivity index (χ4n) is 2.70. The Morgan fingerprint density at radius 1 is 0.966 bits per heavy atom. The van der Waals surface area contributed by atoms with E-state index < -0.39 is 0 Å². The number of ether oxygens (including phenoxy) is 2. The molecule has 0 amide bonds. The molecule has 29 heavy (non-hydrogen) atoms. The molecule has 4 aromatic rings. The van der Waals surface area contributed by atoms with Gasteiger partial charge in [-0.2, -0.15) is 0 Å². The molecule has 148 valence electrons. The van der Waals surface area contributed by atoms with Crippen molar-refractivity contribution in [3.8, 4) is 28.6 Å². The lowest BCUT2D eigenvalue weighted by Gasteiger charge is -2.10. The predicted molar refractivity (Wildman–Crippen MR) is 108 cm³/mol. The molecule has 0 radical (unpaired) electrons. The molecule has 0 saturated heterocycles. The van der Waals surface area contributed by atoms with Gasteiger partial charge in [0.2, 0.25) is 11.8 Å². The molecule has 1 atom stereocenters. The van der Waals surface area contributed by atoms with E-state index in [1.165, 1.54) is 11.8 Å². The summed E-state index contributed by atoms with van der Waals surface area (Å²) >= 11 is 1.49. The van der Waals surface area contributed by atoms with Crippen molar-refractivity contribution in [2.24, 2.45) is 0 Å². The third-order valence-electron chi connectivity index (χ3n) is 4.26. The van der Waals surface area contributed by atoms with E-state index in [0.717, 1.165) is 27.9 Å². The minimum absolute atomic E-state index is 0.108. The predicted octanol–water partition coefficient (Wildman–Crippen LogP) is 4.19. The summed E-state index contributed by atoms with van der Waals surface area (Å²) in [6, 6.07) is 15.2. The van der Waals surface area contributed by atoms with Gasteiger partial charge in [-0.1, -0.05) is 17.8 Å². The normalized spacial score (nSPS) is 12.0. The number of rotatable bonds is 7. The van der Waals surface area contributed by atoms with Crippen molar-refractivity contribution in [2.45, 2.75) is 17.3 Å². The highest BCUT2D eigenvalue weighted by molar-refractivity contribution is 7.99. The molecular formula is C20H19N5O3S. The number of hydrogen-bond donors (Lipinski definition) is 0. The van der Waals surface area contributed by atoms with Crippen molar-refractivity contribution in [2.75, 3.05) is 14.2 Å². The third kappa shape index (κ3) is 4.09. The van der Waals surface area contributed by atoms with Gasteiger partial charge < -0.3 is 13.9 Å². The van der Waals surface area contributed by atoms with Crippen LogP contribution in [-0.4, -0.2) is 39.2 Å². The van der Waals surface area contributed by atoms with Crippen LogP contribution in [0.4, 0.5) is 0 Å². The highest BCUT2D eigenvalue weighted by Crippen LogP contribution is 2.35. The molecule has 2 aromatic heterocycles. The minimum Gasteiger partial charge on any atom is -0.497 e. The maximum atomic E-state index is 5.87. The van der Waals surface area contributed by atoms with Crippen molar-refractivity contribution in [3.05, 3.63) is 60.7 Å². The molecule has 4 rings (SSSR count). The van der Waals surface area contributed by atoms with E-state index in [0.29, 0.717) is 11.8 Å². The topological polar surface area (TPSA) is 88.1 Å². The average Bonchev–Trinajstić information content (AvgIpc) is 3.44. The molecule has 0 saturated carbocycles. The molecule has 0 bridgehead atoms. The van der Waals surface area contributed by atoms with Crippen LogP contribution in [0.2, 0.25) is 0 Å². The van der Waals surface area contributed by atoms with Gasteiger partial charge in [0, 0.05) is 11.6 Å². The molecule has 2 aromatic carbocycles. The molecule has 0 N–H and O–H groups in total. The van der Waals surface area contributed by atoms with Crippen LogP contribution in [0.5, 0.6) is 11.5 Å². The summed E-state index contributed by atoms with van der Waals surface area (Å²) < 4.78 is 18.2. The van der Waals surface area contributed by atoms with Gasteiger partial charge in [0.15, 0.2) is 5.16 Å². The quantitative estimate of drug-likeness (QED) is 0.420.